The number of nitrogens with one attached hydrogen (secondary N) is 3. The van der Waals surface area contributed by atoms with E-state index >= 15 is 0 Å². The Morgan fingerprint density at radius 2 is 1.48 bits per heavy atom. The normalized spacial score (nSPS) is 10.0. The van der Waals surface area contributed by atoms with Crippen molar-refractivity contribution in [2.45, 2.75) is 0 Å². The standard InChI is InChI=1S/C15H12F3N3O2/c16-9-1-3-10(4-2-9)20-14(22)8-19-15(23)21-11-5-6-12(17)13(18)7-11/h1-7H,8H2,(H,20,22)(H2,19,21,23). The molecule has 2 aromatic rings. The number of amides is 3. The molecule has 3 N–H and O–H groups in total. The Balaban J connectivity index is 1.80. The SMILES string of the molecule is O=C(CNC(=O)Nc1ccc(F)c(F)c1)Nc1ccc(F)cc1. The van der Waals surface area contributed by atoms with Gasteiger partial charge in [0, 0.05) is 17.4 Å². The van der Waals surface area contributed by atoms with Crippen LogP contribution < -0.4 is 16.0 Å². The van der Waals surface area contributed by atoms with Crippen molar-refractivity contribution in [3.63, 3.8) is 0 Å². The highest BCUT2D eigenvalue weighted by Crippen LogP contribution is 2.12. The van der Waals surface area contributed by atoms with Crippen LogP contribution in [0.1, 0.15) is 0 Å². The van der Waals surface area contributed by atoms with Crippen molar-refractivity contribution in [1.29, 1.82) is 0 Å². The zero-order valence-corrected chi connectivity index (χ0v) is 11.7. The molecule has 23 heavy (non-hydrogen) atoms. The maximum atomic E-state index is 13.0. The molecule has 8 heteroatoms. The van der Waals surface area contributed by atoms with Gasteiger partial charge in [0.25, 0.3) is 0 Å². The Kier molecular flexibility index (Phi) is 5.19. The number of benzene rings is 2. The highest BCUT2D eigenvalue weighted by Gasteiger charge is 2.08. The summed E-state index contributed by atoms with van der Waals surface area (Å²) < 4.78 is 38.4. The van der Waals surface area contributed by atoms with E-state index in [9.17, 15) is 22.8 Å². The van der Waals surface area contributed by atoms with Gasteiger partial charge in [-0.3, -0.25) is 4.79 Å². The molecule has 0 aromatic heterocycles. The highest BCUT2D eigenvalue weighted by molar-refractivity contribution is 5.96. The molecule has 0 aliphatic rings. The topological polar surface area (TPSA) is 70.2 Å². The van der Waals surface area contributed by atoms with Crippen molar-refractivity contribution in [1.82, 2.24) is 5.32 Å². The molecular weight excluding hydrogens is 311 g/mol. The lowest BCUT2D eigenvalue weighted by atomic mass is 10.3. The Labute approximate surface area is 129 Å². The van der Waals surface area contributed by atoms with E-state index in [1.807, 2.05) is 0 Å². The summed E-state index contributed by atoms with van der Waals surface area (Å²) in [4.78, 5) is 23.1. The van der Waals surface area contributed by atoms with Gasteiger partial charge in [-0.25, -0.2) is 18.0 Å². The predicted molar refractivity (Wildman–Crippen MR) is 78.4 cm³/mol. The third-order valence-electron chi connectivity index (χ3n) is 2.71. The number of halogens is 3. The largest absolute Gasteiger partial charge is 0.329 e. The van der Waals surface area contributed by atoms with Crippen molar-refractivity contribution >= 4 is 23.3 Å². The number of rotatable bonds is 4. The summed E-state index contributed by atoms with van der Waals surface area (Å²) in [6.45, 7) is -0.354. The first-order valence-corrected chi connectivity index (χ1v) is 6.49. The lowest BCUT2D eigenvalue weighted by molar-refractivity contribution is -0.115. The third kappa shape index (κ3) is 5.03. The Hall–Kier alpha value is -3.03. The molecule has 0 saturated carbocycles. The van der Waals surface area contributed by atoms with E-state index in [0.29, 0.717) is 5.69 Å². The monoisotopic (exact) mass is 323 g/mol. The summed E-state index contributed by atoms with van der Waals surface area (Å²) in [5, 5.41) is 6.94. The van der Waals surface area contributed by atoms with Crippen molar-refractivity contribution in [2.75, 3.05) is 17.2 Å². The van der Waals surface area contributed by atoms with Crippen LogP contribution in [0.4, 0.5) is 29.3 Å². The fourth-order valence-corrected chi connectivity index (χ4v) is 1.65. The Morgan fingerprint density at radius 1 is 0.826 bits per heavy atom. The van der Waals surface area contributed by atoms with Crippen molar-refractivity contribution in [3.05, 3.63) is 59.9 Å². The highest BCUT2D eigenvalue weighted by atomic mass is 19.2. The van der Waals surface area contributed by atoms with Gasteiger partial charge < -0.3 is 16.0 Å². The van der Waals surface area contributed by atoms with Crippen molar-refractivity contribution < 1.29 is 22.8 Å². The second-order valence-corrected chi connectivity index (χ2v) is 4.49. The maximum Gasteiger partial charge on any atom is 0.319 e. The molecule has 0 spiro atoms. The fourth-order valence-electron chi connectivity index (χ4n) is 1.65. The first-order chi connectivity index (χ1) is 10.9. The van der Waals surface area contributed by atoms with Crippen LogP contribution in [0.25, 0.3) is 0 Å². The van der Waals surface area contributed by atoms with Crippen LogP contribution in [-0.2, 0) is 4.79 Å². The van der Waals surface area contributed by atoms with Gasteiger partial charge >= 0.3 is 6.03 Å². The molecule has 0 radical (unpaired) electrons. The van der Waals surface area contributed by atoms with Crippen molar-refractivity contribution in [2.24, 2.45) is 0 Å². The molecule has 0 bridgehead atoms. The van der Waals surface area contributed by atoms with Gasteiger partial charge in [-0.1, -0.05) is 0 Å². The summed E-state index contributed by atoms with van der Waals surface area (Å²) >= 11 is 0. The molecule has 3 amide bonds. The zero-order valence-electron chi connectivity index (χ0n) is 11.7. The van der Waals surface area contributed by atoms with Gasteiger partial charge in [0.15, 0.2) is 11.6 Å². The maximum absolute atomic E-state index is 13.0. The van der Waals surface area contributed by atoms with E-state index in [1.54, 1.807) is 0 Å². The number of hydrogen-bond acceptors (Lipinski definition) is 2. The minimum absolute atomic E-state index is 0.0420. The van der Waals surface area contributed by atoms with Crippen LogP contribution in [0.15, 0.2) is 42.5 Å². The van der Waals surface area contributed by atoms with E-state index in [1.165, 1.54) is 30.3 Å². The van der Waals surface area contributed by atoms with Crippen molar-refractivity contribution in [3.8, 4) is 0 Å². The van der Waals surface area contributed by atoms with Crippen LogP contribution in [0, 0.1) is 17.5 Å². The molecule has 0 unspecified atom stereocenters. The van der Waals surface area contributed by atoms with Gasteiger partial charge in [-0.2, -0.15) is 0 Å². The van der Waals surface area contributed by atoms with Gasteiger partial charge in [0.2, 0.25) is 5.91 Å². The number of carbonyl (C=O) groups is 2. The Bertz CT molecular complexity index is 720. The molecule has 0 aliphatic heterocycles. The first-order valence-electron chi connectivity index (χ1n) is 6.49. The average Bonchev–Trinajstić information content (AvgIpc) is 2.51. The fraction of sp³-hybridized carbons (Fsp3) is 0.0667. The molecule has 0 aliphatic carbocycles. The summed E-state index contributed by atoms with van der Waals surface area (Å²) in [7, 11) is 0. The van der Waals surface area contributed by atoms with E-state index in [0.717, 1.165) is 12.1 Å². The first kappa shape index (κ1) is 16.3. The summed E-state index contributed by atoms with van der Waals surface area (Å²) in [5.74, 6) is -3.10. The summed E-state index contributed by atoms with van der Waals surface area (Å²) in [6.07, 6.45) is 0. The smallest absolute Gasteiger partial charge is 0.319 e. The second kappa shape index (κ2) is 7.30. The van der Waals surface area contributed by atoms with Crippen LogP contribution in [0.2, 0.25) is 0 Å². The molecule has 0 heterocycles. The number of anilines is 2. The quantitative estimate of drug-likeness (QED) is 0.810. The van der Waals surface area contributed by atoms with Crippen LogP contribution >= 0.6 is 0 Å². The molecule has 2 aromatic carbocycles. The molecule has 0 saturated heterocycles. The average molecular weight is 323 g/mol. The minimum Gasteiger partial charge on any atom is -0.329 e. The molecule has 120 valence electrons. The Morgan fingerprint density at radius 3 is 2.13 bits per heavy atom. The number of urea groups is 1. The van der Waals surface area contributed by atoms with Crippen LogP contribution in [0.5, 0.6) is 0 Å². The summed E-state index contributed by atoms with van der Waals surface area (Å²) in [6, 6.07) is 7.20. The number of hydrogen-bond donors (Lipinski definition) is 3. The van der Waals surface area contributed by atoms with Gasteiger partial charge in [-0.05, 0) is 36.4 Å². The van der Waals surface area contributed by atoms with Crippen LogP contribution in [-0.4, -0.2) is 18.5 Å². The van der Waals surface area contributed by atoms with E-state index in [2.05, 4.69) is 16.0 Å². The van der Waals surface area contributed by atoms with Gasteiger partial charge in [-0.15, -0.1) is 0 Å². The predicted octanol–water partition coefficient (Wildman–Crippen LogP) is 2.86. The van der Waals surface area contributed by atoms with Gasteiger partial charge in [0.05, 0.1) is 6.54 Å². The van der Waals surface area contributed by atoms with Crippen LogP contribution in [0.3, 0.4) is 0 Å². The zero-order chi connectivity index (χ0) is 16.8. The van der Waals surface area contributed by atoms with Gasteiger partial charge in [0.1, 0.15) is 5.82 Å². The molecule has 0 fully saturated rings. The minimum atomic E-state index is -1.10. The van der Waals surface area contributed by atoms with E-state index in [-0.39, 0.29) is 12.2 Å². The second-order valence-electron chi connectivity index (χ2n) is 4.49. The lowest BCUT2D eigenvalue weighted by Gasteiger charge is -2.08. The van der Waals surface area contributed by atoms with E-state index in [4.69, 9.17) is 0 Å². The molecule has 2 rings (SSSR count). The number of carbonyl (C=O) groups excluding carboxylic acids is 2. The molecule has 5 nitrogen and oxygen atoms in total. The lowest BCUT2D eigenvalue weighted by Crippen LogP contribution is -2.35. The molecular formula is C15H12F3N3O2. The third-order valence-corrected chi connectivity index (χ3v) is 2.71. The van der Waals surface area contributed by atoms with E-state index < -0.39 is 29.4 Å². The summed E-state index contributed by atoms with van der Waals surface area (Å²) in [5.41, 5.74) is 0.416. The molecule has 0 atom stereocenters.